The Bertz CT molecular complexity index is 707. The van der Waals surface area contributed by atoms with E-state index in [2.05, 4.69) is 16.9 Å². The van der Waals surface area contributed by atoms with Gasteiger partial charge in [-0.05, 0) is 50.6 Å². The Morgan fingerprint density at radius 1 is 1.20 bits per heavy atom. The van der Waals surface area contributed by atoms with Crippen molar-refractivity contribution in [3.05, 3.63) is 65.7 Å². The third kappa shape index (κ3) is 4.42. The van der Waals surface area contributed by atoms with Crippen LogP contribution < -0.4 is 0 Å². The molecular weight excluding hydrogens is 317 g/mol. The maximum absolute atomic E-state index is 13.9. The van der Waals surface area contributed by atoms with Crippen molar-refractivity contribution >= 4 is 5.91 Å². The minimum Gasteiger partial charge on any atom is -0.338 e. The summed E-state index contributed by atoms with van der Waals surface area (Å²) in [7, 11) is 2.10. The number of carbonyl (C=O) groups is 1. The standard InChI is InChI=1S/C20H24FN3O/c1-23(15-16-7-4-5-12-22-16)17-8-6-13-24(14-11-17)20(25)18-9-2-3-10-19(18)21/h2-5,7,9-10,12,17H,6,8,11,13-15H2,1H3. The SMILES string of the molecule is CN(Cc1ccccn1)C1CCCN(C(=O)c2ccccc2F)CC1. The van der Waals surface area contributed by atoms with Gasteiger partial charge in [0.05, 0.1) is 11.3 Å². The van der Waals surface area contributed by atoms with E-state index in [0.29, 0.717) is 19.1 Å². The Morgan fingerprint density at radius 3 is 2.76 bits per heavy atom. The van der Waals surface area contributed by atoms with Gasteiger partial charge in [0.2, 0.25) is 0 Å². The predicted molar refractivity (Wildman–Crippen MR) is 95.6 cm³/mol. The van der Waals surface area contributed by atoms with Crippen LogP contribution in [0, 0.1) is 5.82 Å². The van der Waals surface area contributed by atoms with Crippen LogP contribution in [0.4, 0.5) is 4.39 Å². The fourth-order valence-corrected chi connectivity index (χ4v) is 3.40. The van der Waals surface area contributed by atoms with Gasteiger partial charge in [0.15, 0.2) is 0 Å². The van der Waals surface area contributed by atoms with Crippen molar-refractivity contribution < 1.29 is 9.18 Å². The minimum atomic E-state index is -0.444. The third-order valence-electron chi connectivity index (χ3n) is 4.85. The molecule has 1 atom stereocenters. The van der Waals surface area contributed by atoms with E-state index in [0.717, 1.165) is 31.5 Å². The molecule has 1 fully saturated rings. The largest absolute Gasteiger partial charge is 0.338 e. The summed E-state index contributed by atoms with van der Waals surface area (Å²) in [5.74, 6) is -0.647. The van der Waals surface area contributed by atoms with Crippen LogP contribution in [0.2, 0.25) is 0 Å². The van der Waals surface area contributed by atoms with Crippen LogP contribution in [0.25, 0.3) is 0 Å². The molecule has 1 aromatic carbocycles. The molecule has 1 amide bonds. The highest BCUT2D eigenvalue weighted by Gasteiger charge is 2.25. The fourth-order valence-electron chi connectivity index (χ4n) is 3.40. The van der Waals surface area contributed by atoms with E-state index in [1.807, 2.05) is 24.4 Å². The van der Waals surface area contributed by atoms with Gasteiger partial charge in [-0.1, -0.05) is 18.2 Å². The molecule has 132 valence electrons. The predicted octanol–water partition coefficient (Wildman–Crippen LogP) is 3.35. The van der Waals surface area contributed by atoms with Crippen LogP contribution in [-0.2, 0) is 6.54 Å². The van der Waals surface area contributed by atoms with Crippen LogP contribution >= 0.6 is 0 Å². The highest BCUT2D eigenvalue weighted by molar-refractivity contribution is 5.94. The first kappa shape index (κ1) is 17.5. The first-order valence-corrected chi connectivity index (χ1v) is 8.79. The molecule has 3 rings (SSSR count). The Hall–Kier alpha value is -2.27. The second-order valence-corrected chi connectivity index (χ2v) is 6.59. The van der Waals surface area contributed by atoms with Gasteiger partial charge in [-0.15, -0.1) is 0 Å². The van der Waals surface area contributed by atoms with Crippen molar-refractivity contribution in [2.24, 2.45) is 0 Å². The van der Waals surface area contributed by atoms with Crippen molar-refractivity contribution in [3.63, 3.8) is 0 Å². The van der Waals surface area contributed by atoms with Crippen molar-refractivity contribution in [2.45, 2.75) is 31.8 Å². The van der Waals surface area contributed by atoms with Crippen molar-refractivity contribution in [1.82, 2.24) is 14.8 Å². The second kappa shape index (κ2) is 8.21. The number of rotatable bonds is 4. The number of aromatic nitrogens is 1. The molecule has 0 N–H and O–H groups in total. The summed E-state index contributed by atoms with van der Waals surface area (Å²) < 4.78 is 13.9. The van der Waals surface area contributed by atoms with Crippen LogP contribution in [0.5, 0.6) is 0 Å². The quantitative estimate of drug-likeness (QED) is 0.856. The molecule has 1 aliphatic heterocycles. The highest BCUT2D eigenvalue weighted by atomic mass is 19.1. The number of carbonyl (C=O) groups excluding carboxylic acids is 1. The summed E-state index contributed by atoms with van der Waals surface area (Å²) in [5.41, 5.74) is 1.22. The van der Waals surface area contributed by atoms with Gasteiger partial charge in [0, 0.05) is 31.9 Å². The highest BCUT2D eigenvalue weighted by Crippen LogP contribution is 2.19. The molecule has 25 heavy (non-hydrogen) atoms. The number of hydrogen-bond acceptors (Lipinski definition) is 3. The summed E-state index contributed by atoms with van der Waals surface area (Å²) >= 11 is 0. The smallest absolute Gasteiger partial charge is 0.256 e. The molecule has 0 spiro atoms. The molecule has 1 aliphatic rings. The molecule has 0 aliphatic carbocycles. The van der Waals surface area contributed by atoms with Crippen LogP contribution in [0.15, 0.2) is 48.7 Å². The van der Waals surface area contributed by atoms with Gasteiger partial charge in [-0.3, -0.25) is 14.7 Å². The summed E-state index contributed by atoms with van der Waals surface area (Å²) in [4.78, 5) is 21.1. The molecule has 4 nitrogen and oxygen atoms in total. The van der Waals surface area contributed by atoms with E-state index in [9.17, 15) is 9.18 Å². The number of pyridine rings is 1. The number of nitrogens with zero attached hydrogens (tertiary/aromatic N) is 3. The van der Waals surface area contributed by atoms with Crippen LogP contribution in [0.1, 0.15) is 35.3 Å². The van der Waals surface area contributed by atoms with E-state index in [1.54, 1.807) is 23.1 Å². The lowest BCUT2D eigenvalue weighted by Gasteiger charge is -2.27. The summed E-state index contributed by atoms with van der Waals surface area (Å²) in [5, 5.41) is 0. The zero-order valence-corrected chi connectivity index (χ0v) is 14.6. The van der Waals surface area contributed by atoms with Crippen LogP contribution in [-0.4, -0.2) is 46.9 Å². The van der Waals surface area contributed by atoms with Crippen molar-refractivity contribution in [2.75, 3.05) is 20.1 Å². The topological polar surface area (TPSA) is 36.4 Å². The molecule has 1 aromatic heterocycles. The normalized spacial score (nSPS) is 18.2. The first-order valence-electron chi connectivity index (χ1n) is 8.79. The number of likely N-dealkylation sites (tertiary alicyclic amines) is 1. The van der Waals surface area contributed by atoms with Gasteiger partial charge in [0.25, 0.3) is 5.91 Å². The summed E-state index contributed by atoms with van der Waals surface area (Å²) in [6.07, 6.45) is 4.66. The molecule has 1 saturated heterocycles. The Balaban J connectivity index is 1.60. The average molecular weight is 341 g/mol. The first-order chi connectivity index (χ1) is 12.1. The minimum absolute atomic E-state index is 0.169. The number of amides is 1. The molecule has 2 aromatic rings. The number of hydrogen-bond donors (Lipinski definition) is 0. The third-order valence-corrected chi connectivity index (χ3v) is 4.85. The van der Waals surface area contributed by atoms with Gasteiger partial charge < -0.3 is 4.90 Å². The molecule has 1 unspecified atom stereocenters. The zero-order valence-electron chi connectivity index (χ0n) is 14.6. The van der Waals surface area contributed by atoms with E-state index in [-0.39, 0.29) is 11.5 Å². The monoisotopic (exact) mass is 341 g/mol. The Morgan fingerprint density at radius 2 is 2.00 bits per heavy atom. The number of halogens is 1. The maximum Gasteiger partial charge on any atom is 0.256 e. The van der Waals surface area contributed by atoms with Gasteiger partial charge in [-0.2, -0.15) is 0 Å². The fraction of sp³-hybridized carbons (Fsp3) is 0.400. The molecule has 5 heteroatoms. The molecule has 2 heterocycles. The van der Waals surface area contributed by atoms with Gasteiger partial charge in [-0.25, -0.2) is 4.39 Å². The van der Waals surface area contributed by atoms with E-state index in [1.165, 1.54) is 6.07 Å². The summed E-state index contributed by atoms with van der Waals surface area (Å²) in [6.45, 7) is 2.14. The number of benzene rings is 1. The van der Waals surface area contributed by atoms with Crippen LogP contribution in [0.3, 0.4) is 0 Å². The van der Waals surface area contributed by atoms with Crippen molar-refractivity contribution in [1.29, 1.82) is 0 Å². The average Bonchev–Trinajstić information content (AvgIpc) is 2.89. The maximum atomic E-state index is 13.9. The Kier molecular flexibility index (Phi) is 5.76. The second-order valence-electron chi connectivity index (χ2n) is 6.59. The molecule has 0 saturated carbocycles. The molecule has 0 bridgehead atoms. The Labute approximate surface area is 148 Å². The molecular formula is C20H24FN3O. The van der Waals surface area contributed by atoms with Crippen molar-refractivity contribution in [3.8, 4) is 0 Å². The zero-order chi connectivity index (χ0) is 17.6. The lowest BCUT2D eigenvalue weighted by Crippen LogP contribution is -2.35. The van der Waals surface area contributed by atoms with E-state index in [4.69, 9.17) is 0 Å². The van der Waals surface area contributed by atoms with E-state index >= 15 is 0 Å². The van der Waals surface area contributed by atoms with E-state index < -0.39 is 5.82 Å². The lowest BCUT2D eigenvalue weighted by molar-refractivity contribution is 0.0752. The van der Waals surface area contributed by atoms with Gasteiger partial charge in [0.1, 0.15) is 5.82 Å². The molecule has 0 radical (unpaired) electrons. The van der Waals surface area contributed by atoms with Gasteiger partial charge >= 0.3 is 0 Å². The lowest BCUT2D eigenvalue weighted by atomic mass is 10.1. The summed E-state index contributed by atoms with van der Waals surface area (Å²) in [6, 6.07) is 12.6.